The van der Waals surface area contributed by atoms with Crippen molar-refractivity contribution in [1.82, 2.24) is 20.1 Å². The van der Waals surface area contributed by atoms with E-state index in [2.05, 4.69) is 29.2 Å². The maximum absolute atomic E-state index is 14.1. The smallest absolute Gasteiger partial charge is 0.138 e. The SMILES string of the molecule is CCCn1ncnc1CC(CNCC)c1ccccc1F. The van der Waals surface area contributed by atoms with E-state index in [0.717, 1.165) is 37.4 Å². The van der Waals surface area contributed by atoms with E-state index >= 15 is 0 Å². The summed E-state index contributed by atoms with van der Waals surface area (Å²) in [5, 5.41) is 7.56. The third kappa shape index (κ3) is 4.11. The van der Waals surface area contributed by atoms with Crippen molar-refractivity contribution in [2.24, 2.45) is 0 Å². The van der Waals surface area contributed by atoms with Crippen LogP contribution in [0.5, 0.6) is 0 Å². The standard InChI is InChI=1S/C16H23FN4/c1-3-9-21-16(19-12-20-21)10-13(11-18-4-2)14-7-5-6-8-15(14)17/h5-8,12-13,18H,3-4,9-11H2,1-2H3. The Kier molecular flexibility index (Phi) is 5.87. The van der Waals surface area contributed by atoms with Gasteiger partial charge in [-0.05, 0) is 24.6 Å². The van der Waals surface area contributed by atoms with Crippen molar-refractivity contribution in [2.75, 3.05) is 13.1 Å². The zero-order valence-electron chi connectivity index (χ0n) is 12.7. The fraction of sp³-hybridized carbons (Fsp3) is 0.500. The number of benzene rings is 1. The molecule has 1 aromatic heterocycles. The molecule has 0 amide bonds. The predicted molar refractivity (Wildman–Crippen MR) is 81.7 cm³/mol. The highest BCUT2D eigenvalue weighted by Gasteiger charge is 2.18. The maximum atomic E-state index is 14.1. The Bertz CT molecular complexity index is 553. The molecule has 2 aromatic rings. The van der Waals surface area contributed by atoms with E-state index in [4.69, 9.17) is 0 Å². The van der Waals surface area contributed by atoms with Gasteiger partial charge in [0.15, 0.2) is 0 Å². The summed E-state index contributed by atoms with van der Waals surface area (Å²) in [7, 11) is 0. The highest BCUT2D eigenvalue weighted by molar-refractivity contribution is 5.23. The van der Waals surface area contributed by atoms with Crippen molar-refractivity contribution in [3.8, 4) is 0 Å². The molecule has 0 aliphatic heterocycles. The number of aromatic nitrogens is 3. The summed E-state index contributed by atoms with van der Waals surface area (Å²) >= 11 is 0. The van der Waals surface area contributed by atoms with Gasteiger partial charge < -0.3 is 5.32 Å². The van der Waals surface area contributed by atoms with E-state index in [-0.39, 0.29) is 11.7 Å². The number of likely N-dealkylation sites (N-methyl/N-ethyl adjacent to an activating group) is 1. The van der Waals surface area contributed by atoms with Crippen LogP contribution in [-0.4, -0.2) is 27.9 Å². The number of rotatable bonds is 8. The Hall–Kier alpha value is -1.75. The zero-order valence-corrected chi connectivity index (χ0v) is 12.7. The number of hydrogen-bond acceptors (Lipinski definition) is 3. The van der Waals surface area contributed by atoms with Gasteiger partial charge in [0.1, 0.15) is 18.0 Å². The average Bonchev–Trinajstić information content (AvgIpc) is 2.92. The molecule has 1 heterocycles. The van der Waals surface area contributed by atoms with Gasteiger partial charge in [0.25, 0.3) is 0 Å². The van der Waals surface area contributed by atoms with E-state index in [1.807, 2.05) is 16.8 Å². The summed E-state index contributed by atoms with van der Waals surface area (Å²) in [6, 6.07) is 6.99. The van der Waals surface area contributed by atoms with E-state index in [1.165, 1.54) is 6.07 Å². The lowest BCUT2D eigenvalue weighted by Crippen LogP contribution is -2.24. The van der Waals surface area contributed by atoms with Crippen molar-refractivity contribution in [1.29, 1.82) is 0 Å². The van der Waals surface area contributed by atoms with Gasteiger partial charge in [0, 0.05) is 25.4 Å². The van der Waals surface area contributed by atoms with Crippen LogP contribution in [0.1, 0.15) is 37.6 Å². The molecule has 1 atom stereocenters. The van der Waals surface area contributed by atoms with E-state index in [0.29, 0.717) is 6.42 Å². The first kappa shape index (κ1) is 15.6. The van der Waals surface area contributed by atoms with E-state index < -0.39 is 0 Å². The molecular weight excluding hydrogens is 267 g/mol. The summed E-state index contributed by atoms with van der Waals surface area (Å²) in [5.74, 6) is 0.830. The Labute approximate surface area is 125 Å². The second-order valence-electron chi connectivity index (χ2n) is 5.13. The van der Waals surface area contributed by atoms with E-state index in [9.17, 15) is 4.39 Å². The lowest BCUT2D eigenvalue weighted by atomic mass is 9.94. The van der Waals surface area contributed by atoms with Gasteiger partial charge in [-0.2, -0.15) is 5.10 Å². The molecule has 4 nitrogen and oxygen atoms in total. The molecule has 0 radical (unpaired) electrons. The van der Waals surface area contributed by atoms with Crippen LogP contribution in [0, 0.1) is 5.82 Å². The van der Waals surface area contributed by atoms with Crippen LogP contribution in [0.25, 0.3) is 0 Å². The topological polar surface area (TPSA) is 42.7 Å². The maximum Gasteiger partial charge on any atom is 0.138 e. The minimum absolute atomic E-state index is 0.0611. The number of nitrogens with zero attached hydrogens (tertiary/aromatic N) is 3. The molecule has 114 valence electrons. The molecule has 0 aliphatic rings. The van der Waals surface area contributed by atoms with Crippen LogP contribution in [0.4, 0.5) is 4.39 Å². The lowest BCUT2D eigenvalue weighted by Gasteiger charge is -2.18. The van der Waals surface area contributed by atoms with Crippen molar-refractivity contribution in [3.63, 3.8) is 0 Å². The van der Waals surface area contributed by atoms with Gasteiger partial charge in [-0.1, -0.05) is 32.0 Å². The minimum Gasteiger partial charge on any atom is -0.316 e. The van der Waals surface area contributed by atoms with Crippen LogP contribution in [0.15, 0.2) is 30.6 Å². The summed E-state index contributed by atoms with van der Waals surface area (Å²) in [5.41, 5.74) is 0.740. The van der Waals surface area contributed by atoms with Gasteiger partial charge in [-0.25, -0.2) is 9.37 Å². The van der Waals surface area contributed by atoms with Crippen molar-refractivity contribution >= 4 is 0 Å². The average molecular weight is 290 g/mol. The lowest BCUT2D eigenvalue weighted by molar-refractivity contribution is 0.508. The fourth-order valence-corrected chi connectivity index (χ4v) is 2.48. The predicted octanol–water partition coefficient (Wildman–Crippen LogP) is 2.76. The second kappa shape index (κ2) is 7.88. The molecule has 0 bridgehead atoms. The van der Waals surface area contributed by atoms with Crippen LogP contribution in [0.3, 0.4) is 0 Å². The third-order valence-corrected chi connectivity index (χ3v) is 3.55. The summed E-state index contributed by atoms with van der Waals surface area (Å²) in [4.78, 5) is 4.34. The summed E-state index contributed by atoms with van der Waals surface area (Å²) in [6.45, 7) is 6.61. The first-order valence-corrected chi connectivity index (χ1v) is 7.58. The number of hydrogen-bond donors (Lipinski definition) is 1. The molecule has 0 spiro atoms. The first-order chi connectivity index (χ1) is 10.3. The molecule has 1 unspecified atom stereocenters. The summed E-state index contributed by atoms with van der Waals surface area (Å²) < 4.78 is 16.0. The number of halogens is 1. The summed E-state index contributed by atoms with van der Waals surface area (Å²) in [6.07, 6.45) is 3.28. The minimum atomic E-state index is -0.151. The first-order valence-electron chi connectivity index (χ1n) is 7.58. The highest BCUT2D eigenvalue weighted by atomic mass is 19.1. The highest BCUT2D eigenvalue weighted by Crippen LogP contribution is 2.22. The molecule has 0 saturated heterocycles. The van der Waals surface area contributed by atoms with E-state index in [1.54, 1.807) is 12.4 Å². The van der Waals surface area contributed by atoms with Crippen molar-refractivity contribution < 1.29 is 4.39 Å². The van der Waals surface area contributed by atoms with Gasteiger partial charge in [-0.3, -0.25) is 4.68 Å². The van der Waals surface area contributed by atoms with Crippen molar-refractivity contribution in [3.05, 3.63) is 47.8 Å². The fourth-order valence-electron chi connectivity index (χ4n) is 2.48. The zero-order chi connectivity index (χ0) is 15.1. The quantitative estimate of drug-likeness (QED) is 0.813. The number of nitrogens with one attached hydrogen (secondary N) is 1. The molecule has 0 fully saturated rings. The Morgan fingerprint density at radius 1 is 1.29 bits per heavy atom. The normalized spacial score (nSPS) is 12.5. The molecular formula is C16H23FN4. The van der Waals surface area contributed by atoms with Gasteiger partial charge in [0.2, 0.25) is 0 Å². The van der Waals surface area contributed by atoms with Crippen molar-refractivity contribution in [2.45, 2.75) is 39.2 Å². The molecule has 21 heavy (non-hydrogen) atoms. The van der Waals surface area contributed by atoms with Gasteiger partial charge >= 0.3 is 0 Å². The monoisotopic (exact) mass is 290 g/mol. The van der Waals surface area contributed by atoms with Gasteiger partial charge in [0.05, 0.1) is 0 Å². The molecule has 5 heteroatoms. The molecule has 0 saturated carbocycles. The van der Waals surface area contributed by atoms with Gasteiger partial charge in [-0.15, -0.1) is 0 Å². The van der Waals surface area contributed by atoms with Crippen LogP contribution in [0.2, 0.25) is 0 Å². The van der Waals surface area contributed by atoms with Crippen LogP contribution < -0.4 is 5.32 Å². The number of aryl methyl sites for hydroxylation is 1. The molecule has 2 rings (SSSR count). The molecule has 0 aliphatic carbocycles. The Morgan fingerprint density at radius 2 is 2.10 bits per heavy atom. The Balaban J connectivity index is 2.20. The second-order valence-corrected chi connectivity index (χ2v) is 5.13. The largest absolute Gasteiger partial charge is 0.316 e. The Morgan fingerprint density at radius 3 is 2.81 bits per heavy atom. The third-order valence-electron chi connectivity index (χ3n) is 3.55. The molecule has 1 N–H and O–H groups in total. The van der Waals surface area contributed by atoms with Crippen LogP contribution in [-0.2, 0) is 13.0 Å². The van der Waals surface area contributed by atoms with Crippen LogP contribution >= 0.6 is 0 Å². The molecule has 1 aromatic carbocycles.